The molecule has 0 aliphatic carbocycles. The normalized spacial score (nSPS) is 26.2. The van der Waals surface area contributed by atoms with Crippen LogP contribution in [0, 0.1) is 11.8 Å². The molecule has 11 nitrogen and oxygen atoms in total. The Balaban J connectivity index is 1.13. The highest BCUT2D eigenvalue weighted by atomic mass is 16.4. The van der Waals surface area contributed by atoms with Crippen LogP contribution in [-0.2, 0) is 27.3 Å². The Kier molecular flexibility index (Phi) is 8.81. The average Bonchev–Trinajstić information content (AvgIpc) is 3.72. The quantitative estimate of drug-likeness (QED) is 0.448. The van der Waals surface area contributed by atoms with E-state index in [4.69, 9.17) is 4.42 Å². The number of benzene rings is 1. The van der Waals surface area contributed by atoms with Crippen molar-refractivity contribution in [1.82, 2.24) is 30.0 Å². The molecule has 2 aromatic heterocycles. The zero-order valence-electron chi connectivity index (χ0n) is 25.1. The van der Waals surface area contributed by atoms with Crippen molar-refractivity contribution in [3.8, 4) is 0 Å². The molecule has 4 amide bonds. The van der Waals surface area contributed by atoms with Crippen molar-refractivity contribution in [3.05, 3.63) is 78.3 Å². The largest absolute Gasteiger partial charge is 0.454 e. The van der Waals surface area contributed by atoms with Crippen LogP contribution in [0.25, 0.3) is 0 Å². The number of imidazole rings is 1. The predicted molar refractivity (Wildman–Crippen MR) is 161 cm³/mol. The fourth-order valence-electron chi connectivity index (χ4n) is 7.02. The van der Waals surface area contributed by atoms with Crippen LogP contribution in [0.3, 0.4) is 0 Å². The minimum Gasteiger partial charge on any atom is -0.454 e. The molecule has 0 unspecified atom stereocenters. The van der Waals surface area contributed by atoms with E-state index < -0.39 is 12.1 Å². The number of carbonyl (C=O) groups is 4. The van der Waals surface area contributed by atoms with Crippen LogP contribution in [0.2, 0.25) is 0 Å². The van der Waals surface area contributed by atoms with E-state index in [1.54, 1.807) is 25.5 Å². The Bertz CT molecular complexity index is 1470. The van der Waals surface area contributed by atoms with Gasteiger partial charge in [-0.05, 0) is 68.6 Å². The lowest BCUT2D eigenvalue weighted by Crippen LogP contribution is -2.63. The van der Waals surface area contributed by atoms with Gasteiger partial charge in [0, 0.05) is 44.5 Å². The second kappa shape index (κ2) is 13.1. The third-order valence-corrected chi connectivity index (χ3v) is 9.16. The number of nitrogens with one attached hydrogen (secondary N) is 2. The maximum Gasteiger partial charge on any atom is 0.289 e. The first-order chi connectivity index (χ1) is 21.3. The van der Waals surface area contributed by atoms with Crippen molar-refractivity contribution in [3.63, 3.8) is 0 Å². The molecule has 232 valence electrons. The lowest BCUT2D eigenvalue weighted by molar-refractivity contribution is -0.145. The predicted octanol–water partition coefficient (Wildman–Crippen LogP) is 2.62. The molecule has 2 bridgehead atoms. The maximum atomic E-state index is 13.8. The number of aryl methyl sites for hydroxylation is 1. The van der Waals surface area contributed by atoms with Gasteiger partial charge in [-0.3, -0.25) is 19.2 Å². The molecule has 1 aromatic carbocycles. The molecule has 5 atom stereocenters. The monoisotopic (exact) mass is 600 g/mol. The summed E-state index contributed by atoms with van der Waals surface area (Å²) in [6.45, 7) is 3.77. The van der Waals surface area contributed by atoms with Crippen LogP contribution in [-0.4, -0.2) is 80.7 Å². The summed E-state index contributed by atoms with van der Waals surface area (Å²) < 4.78 is 7.79. The molecule has 2 N–H and O–H groups in total. The molecular weight excluding hydrogens is 560 g/mol. The van der Waals surface area contributed by atoms with E-state index in [1.165, 1.54) is 0 Å². The van der Waals surface area contributed by atoms with Crippen LogP contribution in [0.15, 0.2) is 65.6 Å². The molecule has 44 heavy (non-hydrogen) atoms. The Morgan fingerprint density at radius 3 is 2.68 bits per heavy atom. The maximum absolute atomic E-state index is 13.8. The number of fused-ring (bicyclic) bond motifs is 4. The van der Waals surface area contributed by atoms with Gasteiger partial charge in [0.25, 0.3) is 5.91 Å². The first-order valence-corrected chi connectivity index (χ1v) is 15.6. The summed E-state index contributed by atoms with van der Waals surface area (Å²) in [5.74, 6) is 0.416. The second-order valence-corrected chi connectivity index (χ2v) is 12.4. The Morgan fingerprint density at radius 1 is 1.05 bits per heavy atom. The topological polar surface area (TPSA) is 130 Å². The third kappa shape index (κ3) is 6.71. The SMILES string of the molecule is C[C@H]1NC(=O)[C@H](CCc2ccccc2)NC(=O)CCC[C@H]2[C@@H]3C[C@@H](CN(C(=O)c4ccc(Cn5ccnc5)o4)C3)CN2C1=O. The minimum atomic E-state index is -0.728. The van der Waals surface area contributed by atoms with Gasteiger partial charge in [0.15, 0.2) is 5.76 Å². The molecule has 0 radical (unpaired) electrons. The van der Waals surface area contributed by atoms with Crippen LogP contribution in [0.1, 0.15) is 60.9 Å². The number of aromatic nitrogens is 2. The molecule has 11 heteroatoms. The smallest absolute Gasteiger partial charge is 0.289 e. The van der Waals surface area contributed by atoms with Crippen LogP contribution in [0.4, 0.5) is 0 Å². The third-order valence-electron chi connectivity index (χ3n) is 9.16. The van der Waals surface area contributed by atoms with Crippen LogP contribution in [0.5, 0.6) is 0 Å². The van der Waals surface area contributed by atoms with Crippen molar-refractivity contribution < 1.29 is 23.6 Å². The molecule has 0 saturated carbocycles. The molecule has 0 spiro atoms. The highest BCUT2D eigenvalue weighted by molar-refractivity contribution is 5.93. The van der Waals surface area contributed by atoms with E-state index in [1.807, 2.05) is 57.0 Å². The zero-order chi connectivity index (χ0) is 30.6. The number of rotatable bonds is 6. The first kappa shape index (κ1) is 29.7. The Morgan fingerprint density at radius 2 is 1.89 bits per heavy atom. The second-order valence-electron chi connectivity index (χ2n) is 12.4. The van der Waals surface area contributed by atoms with Crippen molar-refractivity contribution in [2.45, 2.75) is 70.1 Å². The van der Waals surface area contributed by atoms with Crippen molar-refractivity contribution >= 4 is 23.6 Å². The number of furan rings is 1. The summed E-state index contributed by atoms with van der Waals surface area (Å²) in [7, 11) is 0. The van der Waals surface area contributed by atoms with E-state index in [2.05, 4.69) is 15.6 Å². The lowest BCUT2D eigenvalue weighted by Gasteiger charge is -2.51. The van der Waals surface area contributed by atoms with Gasteiger partial charge in [0.1, 0.15) is 17.8 Å². The molecule has 3 fully saturated rings. The van der Waals surface area contributed by atoms with Gasteiger partial charge in [-0.1, -0.05) is 30.3 Å². The summed E-state index contributed by atoms with van der Waals surface area (Å²) in [5.41, 5.74) is 1.09. The molecule has 3 aliphatic rings. The van der Waals surface area contributed by atoms with Crippen LogP contribution < -0.4 is 10.6 Å². The summed E-state index contributed by atoms with van der Waals surface area (Å²) in [6.07, 6.45) is 8.75. The van der Waals surface area contributed by atoms with E-state index >= 15 is 0 Å². The number of amides is 4. The summed E-state index contributed by atoms with van der Waals surface area (Å²) >= 11 is 0. The Hall–Kier alpha value is -4.41. The van der Waals surface area contributed by atoms with E-state index in [0.29, 0.717) is 63.4 Å². The molecule has 6 rings (SSSR count). The minimum absolute atomic E-state index is 0.0725. The molecule has 3 saturated heterocycles. The number of nitrogens with zero attached hydrogens (tertiary/aromatic N) is 4. The fourth-order valence-corrected chi connectivity index (χ4v) is 7.02. The van der Waals surface area contributed by atoms with Crippen LogP contribution >= 0.6 is 0 Å². The zero-order valence-corrected chi connectivity index (χ0v) is 25.1. The van der Waals surface area contributed by atoms with E-state index in [-0.39, 0.29) is 47.9 Å². The van der Waals surface area contributed by atoms with Gasteiger partial charge < -0.3 is 29.4 Å². The number of hydrogen-bond acceptors (Lipinski definition) is 6. The summed E-state index contributed by atoms with van der Waals surface area (Å²) in [4.78, 5) is 61.4. The standard InChI is InChI=1S/C33H40N6O5/c1-22-32(42)39-18-24-16-25(19-38(17-24)33(43)29-13-11-26(44-29)20-37-15-14-34-21-37)28(39)8-5-9-30(40)36-27(31(41)35-22)12-10-23-6-3-2-4-7-23/h2-4,6-7,11,13-15,21-22,24-25,27-28H,5,8-10,12,16-20H2,1H3,(H,35,41)(H,36,40)/t22-,24+,25-,27+,28+/m1/s1. The first-order valence-electron chi connectivity index (χ1n) is 15.6. The number of carbonyl (C=O) groups excluding carboxylic acids is 4. The molecule has 3 aromatic rings. The number of piperidine rings is 2. The lowest BCUT2D eigenvalue weighted by atomic mass is 9.77. The average molecular weight is 601 g/mol. The van der Waals surface area contributed by atoms with Gasteiger partial charge in [-0.15, -0.1) is 0 Å². The molecule has 5 heterocycles. The van der Waals surface area contributed by atoms with Gasteiger partial charge in [0.2, 0.25) is 17.7 Å². The highest BCUT2D eigenvalue weighted by Gasteiger charge is 2.45. The summed E-state index contributed by atoms with van der Waals surface area (Å²) in [6, 6.07) is 11.8. The van der Waals surface area contributed by atoms with Crippen molar-refractivity contribution in [1.29, 1.82) is 0 Å². The fraction of sp³-hybridized carbons (Fsp3) is 0.485. The Labute approximate surface area is 257 Å². The van der Waals surface area contributed by atoms with Crippen molar-refractivity contribution in [2.75, 3.05) is 19.6 Å². The highest BCUT2D eigenvalue weighted by Crippen LogP contribution is 2.36. The van der Waals surface area contributed by atoms with Gasteiger partial charge in [0.05, 0.1) is 12.9 Å². The van der Waals surface area contributed by atoms with Gasteiger partial charge in [-0.25, -0.2) is 4.98 Å². The molecule has 3 aliphatic heterocycles. The van der Waals surface area contributed by atoms with Gasteiger partial charge in [-0.2, -0.15) is 0 Å². The van der Waals surface area contributed by atoms with Crippen molar-refractivity contribution in [2.24, 2.45) is 11.8 Å². The summed E-state index contributed by atoms with van der Waals surface area (Å²) in [5, 5.41) is 5.81. The van der Waals surface area contributed by atoms with E-state index in [9.17, 15) is 19.2 Å². The van der Waals surface area contributed by atoms with E-state index in [0.717, 1.165) is 12.0 Å². The molecular formula is C33H40N6O5. The number of likely N-dealkylation sites (tertiary alicyclic amines) is 1. The van der Waals surface area contributed by atoms with Gasteiger partial charge >= 0.3 is 0 Å². The number of hydrogen-bond donors (Lipinski definition) is 2.